The minimum Gasteiger partial charge on any atom is -0.337 e. The van der Waals surface area contributed by atoms with Crippen molar-refractivity contribution in [3.05, 3.63) is 42.2 Å². The molecule has 18 heavy (non-hydrogen) atoms. The van der Waals surface area contributed by atoms with Gasteiger partial charge in [-0.2, -0.15) is 0 Å². The molecule has 0 aliphatic rings. The minimum absolute atomic E-state index is 0.327. The number of nitrogens with one attached hydrogen (secondary N) is 1. The third-order valence-electron chi connectivity index (χ3n) is 3.06. The second-order valence-corrected chi connectivity index (χ2v) is 4.82. The molecule has 2 aromatic rings. The molecule has 1 atom stereocenters. The highest BCUT2D eigenvalue weighted by atomic mass is 14.9. The number of hydrogen-bond donors (Lipinski definition) is 1. The Kier molecular flexibility index (Phi) is 3.92. The van der Waals surface area contributed by atoms with E-state index < -0.39 is 0 Å². The molecular formula is C15H19N3. The molecule has 1 heterocycles. The van der Waals surface area contributed by atoms with Crippen molar-refractivity contribution in [2.24, 2.45) is 10.9 Å². The van der Waals surface area contributed by atoms with Gasteiger partial charge in [-0.05, 0) is 12.8 Å². The summed E-state index contributed by atoms with van der Waals surface area (Å²) < 4.78 is 0. The van der Waals surface area contributed by atoms with Crippen LogP contribution in [0.3, 0.4) is 0 Å². The van der Waals surface area contributed by atoms with E-state index in [0.717, 1.165) is 17.1 Å². The minimum atomic E-state index is 0.327. The number of aliphatic imine (C=N–C) groups is 1. The zero-order valence-corrected chi connectivity index (χ0v) is 11.1. The largest absolute Gasteiger partial charge is 0.337 e. The first-order valence-electron chi connectivity index (χ1n) is 6.30. The number of H-pyrrole nitrogens is 1. The first kappa shape index (κ1) is 12.6. The van der Waals surface area contributed by atoms with Crippen LogP contribution in [0.15, 0.2) is 41.5 Å². The number of nitrogens with zero attached hydrogens (tertiary/aromatic N) is 2. The van der Waals surface area contributed by atoms with Crippen molar-refractivity contribution in [2.45, 2.75) is 26.8 Å². The van der Waals surface area contributed by atoms with Gasteiger partial charge in [-0.3, -0.25) is 4.99 Å². The van der Waals surface area contributed by atoms with Crippen molar-refractivity contribution in [1.82, 2.24) is 9.97 Å². The first-order valence-corrected chi connectivity index (χ1v) is 6.30. The fraction of sp³-hybridized carbons (Fsp3) is 0.333. The molecule has 0 saturated carbocycles. The highest BCUT2D eigenvalue weighted by molar-refractivity contribution is 5.78. The van der Waals surface area contributed by atoms with E-state index in [4.69, 9.17) is 0 Å². The second-order valence-electron chi connectivity index (χ2n) is 4.82. The van der Waals surface area contributed by atoms with Gasteiger partial charge in [0.1, 0.15) is 5.82 Å². The fourth-order valence-electron chi connectivity index (χ4n) is 1.51. The Morgan fingerprint density at radius 1 is 1.17 bits per heavy atom. The Labute approximate surface area is 108 Å². The smallest absolute Gasteiger partial charge is 0.137 e. The average Bonchev–Trinajstić information content (AvgIpc) is 2.85. The molecule has 0 amide bonds. The number of rotatable bonds is 4. The van der Waals surface area contributed by atoms with Gasteiger partial charge in [-0.15, -0.1) is 0 Å². The quantitative estimate of drug-likeness (QED) is 0.817. The standard InChI is InChI=1S/C15H19N3/c1-11(2)12(3)16-9-14-10-17-15(18-14)13-7-5-4-6-8-13/h4-12H,1-3H3,(H,17,18)/t12-/m0/s1. The Morgan fingerprint density at radius 2 is 1.89 bits per heavy atom. The van der Waals surface area contributed by atoms with Crippen LogP contribution in [0.5, 0.6) is 0 Å². The van der Waals surface area contributed by atoms with E-state index in [1.807, 2.05) is 42.7 Å². The Bertz CT molecular complexity index is 512. The zero-order valence-electron chi connectivity index (χ0n) is 11.1. The van der Waals surface area contributed by atoms with Gasteiger partial charge in [0, 0.05) is 17.8 Å². The monoisotopic (exact) mass is 241 g/mol. The molecule has 0 unspecified atom stereocenters. The molecule has 0 aliphatic heterocycles. The predicted octanol–water partition coefficient (Wildman–Crippen LogP) is 3.54. The molecule has 3 nitrogen and oxygen atoms in total. The number of aromatic nitrogens is 2. The Hall–Kier alpha value is -1.90. The van der Waals surface area contributed by atoms with Crippen LogP contribution in [0.1, 0.15) is 26.5 Å². The van der Waals surface area contributed by atoms with Crippen LogP contribution >= 0.6 is 0 Å². The van der Waals surface area contributed by atoms with Crippen LogP contribution in [0.25, 0.3) is 11.4 Å². The maximum atomic E-state index is 4.50. The lowest BCUT2D eigenvalue weighted by Crippen LogP contribution is -2.07. The van der Waals surface area contributed by atoms with Gasteiger partial charge in [0.05, 0.1) is 11.9 Å². The number of aromatic amines is 1. The lowest BCUT2D eigenvalue weighted by Gasteiger charge is -2.08. The number of benzene rings is 1. The van der Waals surface area contributed by atoms with Gasteiger partial charge < -0.3 is 4.98 Å². The summed E-state index contributed by atoms with van der Waals surface area (Å²) in [6.45, 7) is 6.46. The molecule has 3 heteroatoms. The maximum absolute atomic E-state index is 4.50. The first-order chi connectivity index (χ1) is 8.66. The summed E-state index contributed by atoms with van der Waals surface area (Å²) in [6.07, 6.45) is 3.68. The molecule has 0 aliphatic carbocycles. The molecule has 1 N–H and O–H groups in total. The third kappa shape index (κ3) is 3.06. The van der Waals surface area contributed by atoms with Gasteiger partial charge in [0.25, 0.3) is 0 Å². The second kappa shape index (κ2) is 5.63. The third-order valence-corrected chi connectivity index (χ3v) is 3.06. The van der Waals surface area contributed by atoms with Gasteiger partial charge in [0.15, 0.2) is 0 Å². The summed E-state index contributed by atoms with van der Waals surface area (Å²) >= 11 is 0. The van der Waals surface area contributed by atoms with Crippen molar-refractivity contribution < 1.29 is 0 Å². The van der Waals surface area contributed by atoms with Gasteiger partial charge in [-0.25, -0.2) is 4.98 Å². The summed E-state index contributed by atoms with van der Waals surface area (Å²) in [5, 5.41) is 0. The van der Waals surface area contributed by atoms with E-state index in [0.29, 0.717) is 12.0 Å². The van der Waals surface area contributed by atoms with Crippen LogP contribution in [-0.2, 0) is 0 Å². The van der Waals surface area contributed by atoms with Crippen molar-refractivity contribution in [2.75, 3.05) is 0 Å². The molecule has 0 spiro atoms. The topological polar surface area (TPSA) is 41.0 Å². The predicted molar refractivity (Wildman–Crippen MR) is 75.9 cm³/mol. The molecule has 0 radical (unpaired) electrons. The average molecular weight is 241 g/mol. The molecule has 0 bridgehead atoms. The van der Waals surface area contributed by atoms with Crippen LogP contribution in [0.2, 0.25) is 0 Å². The summed E-state index contributed by atoms with van der Waals surface area (Å²) in [4.78, 5) is 12.1. The van der Waals surface area contributed by atoms with E-state index in [2.05, 4.69) is 35.7 Å². The van der Waals surface area contributed by atoms with E-state index >= 15 is 0 Å². The van der Waals surface area contributed by atoms with E-state index in [9.17, 15) is 0 Å². The summed E-state index contributed by atoms with van der Waals surface area (Å²) in [7, 11) is 0. The molecule has 0 saturated heterocycles. The molecule has 1 aromatic heterocycles. The molecular weight excluding hydrogens is 222 g/mol. The molecule has 94 valence electrons. The lowest BCUT2D eigenvalue weighted by molar-refractivity contribution is 0.533. The van der Waals surface area contributed by atoms with E-state index in [-0.39, 0.29) is 0 Å². The Morgan fingerprint density at radius 3 is 2.56 bits per heavy atom. The van der Waals surface area contributed by atoms with E-state index in [1.165, 1.54) is 0 Å². The number of hydrogen-bond acceptors (Lipinski definition) is 2. The fourth-order valence-corrected chi connectivity index (χ4v) is 1.51. The van der Waals surface area contributed by atoms with Crippen LogP contribution in [0.4, 0.5) is 0 Å². The molecule has 0 fully saturated rings. The van der Waals surface area contributed by atoms with Crippen LogP contribution in [0, 0.1) is 5.92 Å². The highest BCUT2D eigenvalue weighted by Gasteiger charge is 2.04. The summed E-state index contributed by atoms with van der Waals surface area (Å²) in [5.41, 5.74) is 2.04. The molecule has 2 rings (SSSR count). The Balaban J connectivity index is 2.12. The van der Waals surface area contributed by atoms with Gasteiger partial charge in [-0.1, -0.05) is 44.2 Å². The van der Waals surface area contributed by atoms with Crippen molar-refractivity contribution in [1.29, 1.82) is 0 Å². The normalized spacial score (nSPS) is 13.3. The van der Waals surface area contributed by atoms with E-state index in [1.54, 1.807) is 0 Å². The van der Waals surface area contributed by atoms with Gasteiger partial charge >= 0.3 is 0 Å². The highest BCUT2D eigenvalue weighted by Crippen LogP contribution is 2.14. The lowest BCUT2D eigenvalue weighted by atomic mass is 10.1. The SMILES string of the molecule is CC(C)[C@H](C)N=Cc1cnc(-c2ccccc2)[nH]1. The maximum Gasteiger partial charge on any atom is 0.137 e. The van der Waals surface area contributed by atoms with Crippen molar-refractivity contribution in [3.63, 3.8) is 0 Å². The van der Waals surface area contributed by atoms with Gasteiger partial charge in [0.2, 0.25) is 0 Å². The van der Waals surface area contributed by atoms with Crippen LogP contribution in [-0.4, -0.2) is 22.2 Å². The van der Waals surface area contributed by atoms with Crippen molar-refractivity contribution >= 4 is 6.21 Å². The van der Waals surface area contributed by atoms with Crippen LogP contribution < -0.4 is 0 Å². The zero-order chi connectivity index (χ0) is 13.0. The number of imidazole rings is 1. The summed E-state index contributed by atoms with van der Waals surface area (Å²) in [6, 6.07) is 10.4. The summed E-state index contributed by atoms with van der Waals surface area (Å²) in [5.74, 6) is 1.44. The molecule has 1 aromatic carbocycles. The van der Waals surface area contributed by atoms with Crippen molar-refractivity contribution in [3.8, 4) is 11.4 Å².